The molecule has 2 N–H and O–H groups in total. The van der Waals surface area contributed by atoms with Gasteiger partial charge in [-0.3, -0.25) is 4.31 Å². The molecule has 0 saturated carbocycles. The van der Waals surface area contributed by atoms with Gasteiger partial charge in [-0.25, -0.2) is 26.4 Å². The number of rotatable bonds is 3. The summed E-state index contributed by atoms with van der Waals surface area (Å²) < 4.78 is 62.9. The number of nitrogens with two attached hydrogens (primary N) is 1. The van der Waals surface area contributed by atoms with Crippen LogP contribution in [0.1, 0.15) is 12.5 Å². The molecule has 1 atom stereocenters. The number of benzene rings is 2. The normalized spacial score (nSPS) is 17.8. The molecular weight excluding hydrogens is 355 g/mol. The third-order valence-electron chi connectivity index (χ3n) is 3.90. The molecule has 0 spiro atoms. The first-order chi connectivity index (χ1) is 11.1. The van der Waals surface area contributed by atoms with Crippen LogP contribution in [0.2, 0.25) is 0 Å². The van der Waals surface area contributed by atoms with Gasteiger partial charge in [0.2, 0.25) is 10.0 Å². The molecule has 0 unspecified atom stereocenters. The van der Waals surface area contributed by atoms with Crippen molar-refractivity contribution in [3.05, 3.63) is 53.8 Å². The summed E-state index contributed by atoms with van der Waals surface area (Å²) in [4.78, 5) is -0.0893. The fourth-order valence-corrected chi connectivity index (χ4v) is 5.10. The van der Waals surface area contributed by atoms with Crippen LogP contribution >= 0.6 is 0 Å². The fraction of sp³-hybridized carbons (Fsp3) is 0.200. The Kier molecular flexibility index (Phi) is 3.89. The van der Waals surface area contributed by atoms with E-state index in [1.54, 1.807) is 6.92 Å². The predicted octanol–water partition coefficient (Wildman–Crippen LogP) is 1.61. The third-order valence-corrected chi connectivity index (χ3v) is 6.76. The Morgan fingerprint density at radius 1 is 1.04 bits per heavy atom. The lowest BCUT2D eigenvalue weighted by molar-refractivity contribution is 0.583. The molecule has 2 aromatic rings. The maximum absolute atomic E-state index is 13.0. The van der Waals surface area contributed by atoms with Gasteiger partial charge in [0.05, 0.1) is 15.5 Å². The molecule has 0 radical (unpaired) electrons. The molecular formula is C15H15FN2O4S2. The van der Waals surface area contributed by atoms with Crippen molar-refractivity contribution in [1.29, 1.82) is 0 Å². The van der Waals surface area contributed by atoms with E-state index >= 15 is 0 Å². The molecule has 24 heavy (non-hydrogen) atoms. The Hall–Kier alpha value is -1.97. The summed E-state index contributed by atoms with van der Waals surface area (Å²) in [5, 5.41) is 5.12. The van der Waals surface area contributed by atoms with Crippen LogP contribution in [0.3, 0.4) is 0 Å². The van der Waals surface area contributed by atoms with Crippen LogP contribution in [0.5, 0.6) is 0 Å². The number of fused-ring (bicyclic) bond motifs is 1. The summed E-state index contributed by atoms with van der Waals surface area (Å²) in [7, 11) is -7.74. The van der Waals surface area contributed by atoms with Crippen LogP contribution in [0.15, 0.2) is 52.3 Å². The van der Waals surface area contributed by atoms with Crippen molar-refractivity contribution in [2.75, 3.05) is 4.31 Å². The first kappa shape index (κ1) is 16.9. The molecule has 1 heterocycles. The number of sulfonamides is 2. The standard InChI is InChI=1S/C15H15FN2O4S2/c1-10-8-11-9-14(23(17,19)20)6-7-15(11)18(10)24(21,22)13-4-2-12(16)3-5-13/h2-7,9-10H,8H2,1H3,(H2,17,19,20)/t10-/m1/s1. The van der Waals surface area contributed by atoms with Crippen LogP contribution in [-0.4, -0.2) is 22.9 Å². The highest BCUT2D eigenvalue weighted by molar-refractivity contribution is 7.93. The SMILES string of the molecule is C[C@@H]1Cc2cc(S(N)(=O)=O)ccc2N1S(=O)(=O)c1ccc(F)cc1. The molecule has 1 aliphatic rings. The van der Waals surface area contributed by atoms with Crippen molar-refractivity contribution in [1.82, 2.24) is 0 Å². The Labute approximate surface area is 139 Å². The van der Waals surface area contributed by atoms with E-state index in [-0.39, 0.29) is 9.79 Å². The van der Waals surface area contributed by atoms with E-state index in [0.717, 1.165) is 12.1 Å². The molecule has 1 aliphatic heterocycles. The first-order valence-corrected chi connectivity index (χ1v) is 10.0. The van der Waals surface area contributed by atoms with Gasteiger partial charge in [-0.15, -0.1) is 0 Å². The highest BCUT2D eigenvalue weighted by atomic mass is 32.2. The molecule has 0 saturated heterocycles. The third kappa shape index (κ3) is 2.79. The smallest absolute Gasteiger partial charge is 0.263 e. The summed E-state index contributed by atoms with van der Waals surface area (Å²) in [5.74, 6) is -0.526. The van der Waals surface area contributed by atoms with Crippen molar-refractivity contribution in [2.24, 2.45) is 5.14 Å². The zero-order valence-corrected chi connectivity index (χ0v) is 14.3. The van der Waals surface area contributed by atoms with Crippen LogP contribution < -0.4 is 9.44 Å². The maximum Gasteiger partial charge on any atom is 0.264 e. The van der Waals surface area contributed by atoms with Gasteiger partial charge in [0, 0.05) is 6.04 Å². The van der Waals surface area contributed by atoms with Crippen LogP contribution in [0.25, 0.3) is 0 Å². The van der Waals surface area contributed by atoms with Gasteiger partial charge in [0.25, 0.3) is 10.0 Å². The van der Waals surface area contributed by atoms with E-state index < -0.39 is 31.9 Å². The van der Waals surface area contributed by atoms with Crippen molar-refractivity contribution in [3.63, 3.8) is 0 Å². The second kappa shape index (κ2) is 5.54. The van der Waals surface area contributed by atoms with Crippen molar-refractivity contribution < 1.29 is 21.2 Å². The van der Waals surface area contributed by atoms with E-state index in [1.807, 2.05) is 0 Å². The van der Waals surface area contributed by atoms with E-state index in [4.69, 9.17) is 5.14 Å². The van der Waals surface area contributed by atoms with Crippen molar-refractivity contribution in [3.8, 4) is 0 Å². The van der Waals surface area contributed by atoms with Gasteiger partial charge in [-0.05, 0) is 61.4 Å². The van der Waals surface area contributed by atoms with Crippen LogP contribution in [0, 0.1) is 5.82 Å². The molecule has 6 nitrogen and oxygen atoms in total. The van der Waals surface area contributed by atoms with E-state index in [2.05, 4.69) is 0 Å². The van der Waals surface area contributed by atoms with Crippen LogP contribution in [0.4, 0.5) is 10.1 Å². The minimum absolute atomic E-state index is 0.0286. The number of halogens is 1. The van der Waals surface area contributed by atoms with Gasteiger partial charge in [0.1, 0.15) is 5.82 Å². The van der Waals surface area contributed by atoms with Gasteiger partial charge in [0.15, 0.2) is 0 Å². The molecule has 128 valence electrons. The average molecular weight is 370 g/mol. The summed E-state index contributed by atoms with van der Waals surface area (Å²) >= 11 is 0. The zero-order valence-electron chi connectivity index (χ0n) is 12.7. The van der Waals surface area contributed by atoms with E-state index in [1.165, 1.54) is 34.6 Å². The number of hydrogen-bond donors (Lipinski definition) is 1. The molecule has 3 rings (SSSR count). The van der Waals surface area contributed by atoms with E-state index in [9.17, 15) is 21.2 Å². The fourth-order valence-electron chi connectivity index (χ4n) is 2.84. The molecule has 0 aliphatic carbocycles. The van der Waals surface area contributed by atoms with Crippen molar-refractivity contribution >= 4 is 25.7 Å². The monoisotopic (exact) mass is 370 g/mol. The second-order valence-corrected chi connectivity index (χ2v) is 9.02. The molecule has 0 bridgehead atoms. The minimum Gasteiger partial charge on any atom is -0.263 e. The van der Waals surface area contributed by atoms with Gasteiger partial charge >= 0.3 is 0 Å². The van der Waals surface area contributed by atoms with Crippen molar-refractivity contribution in [2.45, 2.75) is 29.2 Å². The highest BCUT2D eigenvalue weighted by Crippen LogP contribution is 2.37. The summed E-state index contributed by atoms with van der Waals surface area (Å²) in [5.41, 5.74) is 0.985. The molecule has 0 fully saturated rings. The Morgan fingerprint density at radius 2 is 1.62 bits per heavy atom. The zero-order chi connectivity index (χ0) is 17.7. The van der Waals surface area contributed by atoms with Gasteiger partial charge in [-0.1, -0.05) is 0 Å². The lowest BCUT2D eigenvalue weighted by atomic mass is 10.1. The topological polar surface area (TPSA) is 97.5 Å². The summed E-state index contributed by atoms with van der Waals surface area (Å²) in [6.07, 6.45) is 0.360. The molecule has 0 aromatic heterocycles. The Bertz CT molecular complexity index is 1000. The highest BCUT2D eigenvalue weighted by Gasteiger charge is 2.36. The largest absolute Gasteiger partial charge is 0.264 e. The summed E-state index contributed by atoms with van der Waals surface area (Å²) in [6.45, 7) is 1.72. The predicted molar refractivity (Wildman–Crippen MR) is 87.0 cm³/mol. The quantitative estimate of drug-likeness (QED) is 0.887. The lowest BCUT2D eigenvalue weighted by Crippen LogP contribution is -2.35. The molecule has 0 amide bonds. The first-order valence-electron chi connectivity index (χ1n) is 7.06. The number of hydrogen-bond acceptors (Lipinski definition) is 4. The summed E-state index contributed by atoms with van der Waals surface area (Å²) in [6, 6.07) is 8.27. The maximum atomic E-state index is 13.0. The second-order valence-electron chi connectivity index (χ2n) is 5.64. The molecule has 2 aromatic carbocycles. The van der Waals surface area contributed by atoms with Gasteiger partial charge in [-0.2, -0.15) is 0 Å². The number of primary sulfonamides is 1. The van der Waals surface area contributed by atoms with Crippen LogP contribution in [-0.2, 0) is 26.5 Å². The molecule has 9 heteroatoms. The Morgan fingerprint density at radius 3 is 2.21 bits per heavy atom. The van der Waals surface area contributed by atoms with E-state index in [0.29, 0.717) is 17.7 Å². The Balaban J connectivity index is 2.10. The van der Waals surface area contributed by atoms with Gasteiger partial charge < -0.3 is 0 Å². The average Bonchev–Trinajstić information content (AvgIpc) is 2.82. The number of nitrogens with zero attached hydrogens (tertiary/aromatic N) is 1. The lowest BCUT2D eigenvalue weighted by Gasteiger charge is -2.24. The minimum atomic E-state index is -3.88. The number of anilines is 1.